The van der Waals surface area contributed by atoms with Crippen LogP contribution in [0.3, 0.4) is 0 Å². The van der Waals surface area contributed by atoms with E-state index in [4.69, 9.17) is 27.9 Å². The number of piperazine rings is 1. The lowest BCUT2D eigenvalue weighted by molar-refractivity contribution is 0.0542. The van der Waals surface area contributed by atoms with Crippen LogP contribution >= 0.6 is 39.1 Å². The first kappa shape index (κ1) is 27.1. The lowest BCUT2D eigenvalue weighted by atomic mass is 10.0. The maximum atomic E-state index is 13.1. The number of hydrogen-bond donors (Lipinski definition) is 0. The Kier molecular flexibility index (Phi) is 9.47. The molecule has 1 fully saturated rings. The van der Waals surface area contributed by atoms with Crippen LogP contribution in [0.1, 0.15) is 46.8 Å². The molecule has 0 aliphatic carbocycles. The molecular weight excluding hydrogens is 563 g/mol. The Labute approximate surface area is 231 Å². The second kappa shape index (κ2) is 12.6. The summed E-state index contributed by atoms with van der Waals surface area (Å²) in [4.78, 5) is 17.5. The van der Waals surface area contributed by atoms with Gasteiger partial charge in [0.1, 0.15) is 11.8 Å². The molecule has 36 heavy (non-hydrogen) atoms. The van der Waals surface area contributed by atoms with Gasteiger partial charge in [-0.2, -0.15) is 5.10 Å². The molecule has 1 saturated heterocycles. The van der Waals surface area contributed by atoms with Crippen molar-refractivity contribution in [3.05, 3.63) is 85.6 Å². The Morgan fingerprint density at radius 1 is 1.00 bits per heavy atom. The normalized spacial score (nSPS) is 14.6. The first-order valence-corrected chi connectivity index (χ1v) is 13.8. The fourth-order valence-electron chi connectivity index (χ4n) is 4.47. The molecule has 2 aromatic carbocycles. The van der Waals surface area contributed by atoms with Gasteiger partial charge in [0.2, 0.25) is 0 Å². The third-order valence-corrected chi connectivity index (χ3v) is 7.92. The number of amides is 1. The number of ether oxygens (including phenoxy) is 1. The predicted molar refractivity (Wildman–Crippen MR) is 148 cm³/mol. The van der Waals surface area contributed by atoms with Crippen molar-refractivity contribution < 1.29 is 9.53 Å². The zero-order valence-electron chi connectivity index (χ0n) is 20.6. The molecule has 1 aliphatic heterocycles. The molecule has 0 saturated carbocycles. The maximum absolute atomic E-state index is 13.1. The quantitative estimate of drug-likeness (QED) is 0.276. The zero-order valence-corrected chi connectivity index (χ0v) is 23.7. The number of rotatable bonds is 9. The van der Waals surface area contributed by atoms with Crippen molar-refractivity contribution >= 4 is 45.0 Å². The smallest absolute Gasteiger partial charge is 0.273 e. The first-order chi connectivity index (χ1) is 17.4. The minimum Gasteiger partial charge on any atom is -0.369 e. The Bertz CT molecular complexity index is 1110. The predicted octanol–water partition coefficient (Wildman–Crippen LogP) is 6.23. The van der Waals surface area contributed by atoms with Gasteiger partial charge >= 0.3 is 0 Å². The summed E-state index contributed by atoms with van der Waals surface area (Å²) in [5.41, 5.74) is 3.60. The number of aryl methyl sites for hydroxylation is 2. The van der Waals surface area contributed by atoms with Gasteiger partial charge in [0.15, 0.2) is 0 Å². The number of halogens is 3. The van der Waals surface area contributed by atoms with E-state index in [1.54, 1.807) is 4.68 Å². The monoisotopic (exact) mass is 592 g/mol. The van der Waals surface area contributed by atoms with Gasteiger partial charge in [-0.3, -0.25) is 14.4 Å². The van der Waals surface area contributed by atoms with Gasteiger partial charge in [-0.25, -0.2) is 0 Å². The third kappa shape index (κ3) is 6.50. The summed E-state index contributed by atoms with van der Waals surface area (Å²) >= 11 is 15.7. The first-order valence-electron chi connectivity index (χ1n) is 12.2. The minimum absolute atomic E-state index is 0.0427. The van der Waals surface area contributed by atoms with E-state index in [1.807, 2.05) is 67.3 Å². The molecule has 0 bridgehead atoms. The molecular formula is C27H31BrCl2N4O2. The molecule has 6 nitrogen and oxygen atoms in total. The largest absolute Gasteiger partial charge is 0.369 e. The molecule has 0 unspecified atom stereocenters. The van der Waals surface area contributed by atoms with E-state index >= 15 is 0 Å². The van der Waals surface area contributed by atoms with Crippen LogP contribution < -0.4 is 0 Å². The van der Waals surface area contributed by atoms with Crippen molar-refractivity contribution in [3.63, 3.8) is 0 Å². The van der Waals surface area contributed by atoms with Crippen molar-refractivity contribution in [2.45, 2.75) is 32.9 Å². The highest BCUT2D eigenvalue weighted by atomic mass is 79.9. The summed E-state index contributed by atoms with van der Waals surface area (Å²) < 4.78 is 8.93. The molecule has 0 N–H and O–H groups in total. The highest BCUT2D eigenvalue weighted by molar-refractivity contribution is 9.10. The fourth-order valence-corrected chi connectivity index (χ4v) is 5.17. The van der Waals surface area contributed by atoms with Gasteiger partial charge in [0.25, 0.3) is 5.91 Å². The molecule has 1 amide bonds. The lowest BCUT2D eigenvalue weighted by Gasteiger charge is -2.34. The van der Waals surface area contributed by atoms with Crippen LogP contribution in [-0.2, 0) is 11.3 Å². The SMILES string of the molecule is CCn1nc(C)c(Br)c1C(=O)N1CCN(CCCOC(c2ccc(Cl)cc2)c2ccc(Cl)cc2)CC1. The molecule has 2 heterocycles. The van der Waals surface area contributed by atoms with Crippen LogP contribution in [0, 0.1) is 6.92 Å². The minimum atomic E-state index is -0.181. The third-order valence-electron chi connectivity index (χ3n) is 6.46. The second-order valence-corrected chi connectivity index (χ2v) is 10.6. The maximum Gasteiger partial charge on any atom is 0.273 e. The number of benzene rings is 2. The molecule has 1 aromatic heterocycles. The summed E-state index contributed by atoms with van der Waals surface area (Å²) in [5.74, 6) is 0.0427. The molecule has 0 atom stereocenters. The number of hydrogen-bond acceptors (Lipinski definition) is 4. The van der Waals surface area contributed by atoms with E-state index in [0.29, 0.717) is 42.0 Å². The van der Waals surface area contributed by atoms with Crippen LogP contribution in [0.4, 0.5) is 0 Å². The highest BCUT2D eigenvalue weighted by Crippen LogP contribution is 2.28. The van der Waals surface area contributed by atoms with E-state index in [1.165, 1.54) is 0 Å². The van der Waals surface area contributed by atoms with E-state index < -0.39 is 0 Å². The molecule has 192 valence electrons. The Morgan fingerprint density at radius 2 is 1.56 bits per heavy atom. The van der Waals surface area contributed by atoms with Crippen LogP contribution in [0.5, 0.6) is 0 Å². The topological polar surface area (TPSA) is 50.6 Å². The average molecular weight is 594 g/mol. The molecule has 1 aliphatic rings. The molecule has 0 radical (unpaired) electrons. The molecule has 4 rings (SSSR count). The standard InChI is InChI=1S/C27H31BrCl2N4O2/c1-3-34-25(24(28)19(2)31-34)27(35)33-16-14-32(15-17-33)13-4-18-36-26(20-5-9-22(29)10-6-20)21-7-11-23(30)12-8-21/h5-12,26H,3-4,13-18H2,1-2H3. The van der Waals surface area contributed by atoms with Gasteiger partial charge in [0, 0.05) is 55.9 Å². The van der Waals surface area contributed by atoms with Gasteiger partial charge in [-0.1, -0.05) is 47.5 Å². The number of aromatic nitrogens is 2. The zero-order chi connectivity index (χ0) is 25.7. The Hall–Kier alpha value is -1.90. The van der Waals surface area contributed by atoms with Crippen molar-refractivity contribution in [3.8, 4) is 0 Å². The van der Waals surface area contributed by atoms with Gasteiger partial charge < -0.3 is 9.64 Å². The summed E-state index contributed by atoms with van der Waals surface area (Å²) in [6.07, 6.45) is 0.721. The van der Waals surface area contributed by atoms with Crippen LogP contribution in [0.25, 0.3) is 0 Å². The van der Waals surface area contributed by atoms with Crippen molar-refractivity contribution in [1.82, 2.24) is 19.6 Å². The highest BCUT2D eigenvalue weighted by Gasteiger charge is 2.27. The van der Waals surface area contributed by atoms with E-state index in [-0.39, 0.29) is 12.0 Å². The van der Waals surface area contributed by atoms with Crippen LogP contribution in [-0.4, -0.2) is 64.8 Å². The van der Waals surface area contributed by atoms with E-state index in [2.05, 4.69) is 25.9 Å². The summed E-state index contributed by atoms with van der Waals surface area (Å²) in [6.45, 7) is 9.23. The Balaban J connectivity index is 1.28. The summed E-state index contributed by atoms with van der Waals surface area (Å²) in [7, 11) is 0. The van der Waals surface area contributed by atoms with Gasteiger partial charge in [0.05, 0.1) is 10.2 Å². The number of carbonyl (C=O) groups is 1. The van der Waals surface area contributed by atoms with Crippen LogP contribution in [0.15, 0.2) is 53.0 Å². The lowest BCUT2D eigenvalue weighted by Crippen LogP contribution is -2.49. The van der Waals surface area contributed by atoms with Crippen molar-refractivity contribution in [2.24, 2.45) is 0 Å². The fraction of sp³-hybridized carbons (Fsp3) is 0.407. The van der Waals surface area contributed by atoms with Crippen LogP contribution in [0.2, 0.25) is 10.0 Å². The van der Waals surface area contributed by atoms with Crippen molar-refractivity contribution in [2.75, 3.05) is 39.3 Å². The number of carbonyl (C=O) groups excluding carboxylic acids is 1. The summed E-state index contributed by atoms with van der Waals surface area (Å²) in [5, 5.41) is 5.86. The molecule has 0 spiro atoms. The van der Waals surface area contributed by atoms with E-state index in [9.17, 15) is 4.79 Å². The molecule has 3 aromatic rings. The average Bonchev–Trinajstić information content (AvgIpc) is 3.18. The van der Waals surface area contributed by atoms with E-state index in [0.717, 1.165) is 47.3 Å². The molecule has 9 heteroatoms. The van der Waals surface area contributed by atoms with Gasteiger partial charge in [-0.05, 0) is 71.6 Å². The van der Waals surface area contributed by atoms with Gasteiger partial charge in [-0.15, -0.1) is 0 Å². The number of nitrogens with zero attached hydrogens (tertiary/aromatic N) is 4. The Morgan fingerprint density at radius 3 is 2.08 bits per heavy atom. The second-order valence-electron chi connectivity index (χ2n) is 8.91. The van der Waals surface area contributed by atoms with Crippen molar-refractivity contribution in [1.29, 1.82) is 0 Å². The summed E-state index contributed by atoms with van der Waals surface area (Å²) in [6, 6.07) is 15.6.